The number of aryl methyl sites for hydroxylation is 1. The zero-order valence-corrected chi connectivity index (χ0v) is 14.2. The average Bonchev–Trinajstić information content (AvgIpc) is 2.44. The van der Waals surface area contributed by atoms with Crippen molar-refractivity contribution in [2.75, 3.05) is 18.9 Å². The maximum atomic E-state index is 13.7. The van der Waals surface area contributed by atoms with Crippen LogP contribution in [0.25, 0.3) is 0 Å². The van der Waals surface area contributed by atoms with Crippen LogP contribution in [0, 0.1) is 12.7 Å². The third-order valence-electron chi connectivity index (χ3n) is 3.18. The molecule has 5 heteroatoms. The number of benzene rings is 2. The number of nitrogens with one attached hydrogen (secondary N) is 1. The number of carbonyl (C=O) groups is 1. The van der Waals surface area contributed by atoms with Crippen LogP contribution < -0.4 is 5.32 Å². The van der Waals surface area contributed by atoms with Crippen LogP contribution in [-0.2, 0) is 11.3 Å². The second kappa shape index (κ2) is 7.51. The topological polar surface area (TPSA) is 32.3 Å². The summed E-state index contributed by atoms with van der Waals surface area (Å²) in [5, 5.41) is 2.60. The number of hydrogen-bond acceptors (Lipinski definition) is 2. The lowest BCUT2D eigenvalue weighted by Gasteiger charge is -2.16. The molecule has 116 valence electrons. The highest BCUT2D eigenvalue weighted by Crippen LogP contribution is 2.15. The van der Waals surface area contributed by atoms with Gasteiger partial charge in [0.15, 0.2) is 0 Å². The van der Waals surface area contributed by atoms with Gasteiger partial charge in [-0.1, -0.05) is 34.1 Å². The van der Waals surface area contributed by atoms with E-state index in [1.54, 1.807) is 19.1 Å². The first kappa shape index (κ1) is 16.6. The summed E-state index contributed by atoms with van der Waals surface area (Å²) in [6.07, 6.45) is 0. The first-order valence-corrected chi connectivity index (χ1v) is 7.72. The van der Waals surface area contributed by atoms with E-state index >= 15 is 0 Å². The van der Waals surface area contributed by atoms with E-state index in [4.69, 9.17) is 0 Å². The minimum Gasteiger partial charge on any atom is -0.322 e. The normalized spacial score (nSPS) is 10.8. The van der Waals surface area contributed by atoms with Crippen molar-refractivity contribution in [1.82, 2.24) is 4.90 Å². The minimum atomic E-state index is -0.413. The first-order valence-electron chi connectivity index (χ1n) is 6.93. The van der Waals surface area contributed by atoms with E-state index < -0.39 is 5.82 Å². The Morgan fingerprint density at radius 3 is 2.55 bits per heavy atom. The summed E-state index contributed by atoms with van der Waals surface area (Å²) in [6, 6.07) is 12.7. The highest BCUT2D eigenvalue weighted by molar-refractivity contribution is 9.10. The molecule has 0 heterocycles. The highest BCUT2D eigenvalue weighted by atomic mass is 79.9. The summed E-state index contributed by atoms with van der Waals surface area (Å²) >= 11 is 3.39. The zero-order valence-electron chi connectivity index (χ0n) is 12.6. The zero-order chi connectivity index (χ0) is 16.1. The van der Waals surface area contributed by atoms with E-state index in [1.165, 1.54) is 6.07 Å². The van der Waals surface area contributed by atoms with Crippen LogP contribution in [0.2, 0.25) is 0 Å². The molecule has 0 radical (unpaired) electrons. The Morgan fingerprint density at radius 1 is 1.23 bits per heavy atom. The SMILES string of the molecule is Cc1ccc(NC(=O)CN(C)Cc2ccc(Br)cc2)c(F)c1. The first-order chi connectivity index (χ1) is 10.4. The maximum Gasteiger partial charge on any atom is 0.238 e. The largest absolute Gasteiger partial charge is 0.322 e. The number of rotatable bonds is 5. The number of amides is 1. The molecule has 0 aliphatic heterocycles. The lowest BCUT2D eigenvalue weighted by atomic mass is 10.2. The molecule has 0 unspecified atom stereocenters. The second-order valence-electron chi connectivity index (χ2n) is 5.33. The molecule has 1 N–H and O–H groups in total. The molecule has 0 saturated heterocycles. The maximum absolute atomic E-state index is 13.7. The van der Waals surface area contributed by atoms with Gasteiger partial charge in [0.25, 0.3) is 0 Å². The molecular weight excluding hydrogens is 347 g/mol. The van der Waals surface area contributed by atoms with E-state index in [0.717, 1.165) is 15.6 Å². The van der Waals surface area contributed by atoms with Gasteiger partial charge in [-0.2, -0.15) is 0 Å². The van der Waals surface area contributed by atoms with Gasteiger partial charge in [-0.15, -0.1) is 0 Å². The Morgan fingerprint density at radius 2 is 1.91 bits per heavy atom. The number of carbonyl (C=O) groups excluding carboxylic acids is 1. The van der Waals surface area contributed by atoms with E-state index in [-0.39, 0.29) is 18.1 Å². The van der Waals surface area contributed by atoms with Crippen molar-refractivity contribution in [2.24, 2.45) is 0 Å². The molecule has 2 rings (SSSR count). The highest BCUT2D eigenvalue weighted by Gasteiger charge is 2.10. The molecule has 2 aromatic carbocycles. The van der Waals surface area contributed by atoms with Gasteiger partial charge in [0.1, 0.15) is 5.82 Å². The van der Waals surface area contributed by atoms with Crippen molar-refractivity contribution < 1.29 is 9.18 Å². The Labute approximate surface area is 138 Å². The van der Waals surface area contributed by atoms with Gasteiger partial charge in [-0.25, -0.2) is 4.39 Å². The van der Waals surface area contributed by atoms with Crippen molar-refractivity contribution in [3.63, 3.8) is 0 Å². The molecule has 0 aliphatic rings. The third kappa shape index (κ3) is 4.93. The fourth-order valence-electron chi connectivity index (χ4n) is 2.11. The molecule has 0 fully saturated rings. The molecule has 0 aromatic heterocycles. The van der Waals surface area contributed by atoms with Crippen molar-refractivity contribution in [3.05, 3.63) is 63.9 Å². The molecule has 0 bridgehead atoms. The summed E-state index contributed by atoms with van der Waals surface area (Å²) in [5.74, 6) is -0.647. The van der Waals surface area contributed by atoms with Crippen LogP contribution in [0.5, 0.6) is 0 Å². The molecule has 0 atom stereocenters. The number of halogens is 2. The van der Waals surface area contributed by atoms with Crippen LogP contribution in [0.3, 0.4) is 0 Å². The van der Waals surface area contributed by atoms with Gasteiger partial charge in [0.2, 0.25) is 5.91 Å². The molecular formula is C17H18BrFN2O. The van der Waals surface area contributed by atoms with E-state index in [9.17, 15) is 9.18 Å². The summed E-state index contributed by atoms with van der Waals surface area (Å²) in [6.45, 7) is 2.65. The van der Waals surface area contributed by atoms with Crippen LogP contribution in [0.4, 0.5) is 10.1 Å². The summed E-state index contributed by atoms with van der Waals surface area (Å²) < 4.78 is 14.7. The Balaban J connectivity index is 1.89. The molecule has 0 spiro atoms. The lowest BCUT2D eigenvalue weighted by molar-refractivity contribution is -0.117. The summed E-state index contributed by atoms with van der Waals surface area (Å²) in [4.78, 5) is 13.9. The number of anilines is 1. The number of hydrogen-bond donors (Lipinski definition) is 1. The fraction of sp³-hybridized carbons (Fsp3) is 0.235. The van der Waals surface area contributed by atoms with Crippen LogP contribution >= 0.6 is 15.9 Å². The van der Waals surface area contributed by atoms with E-state index in [2.05, 4.69) is 21.2 Å². The van der Waals surface area contributed by atoms with Crippen molar-refractivity contribution in [2.45, 2.75) is 13.5 Å². The van der Waals surface area contributed by atoms with Gasteiger partial charge >= 0.3 is 0 Å². The van der Waals surface area contributed by atoms with Crippen LogP contribution in [-0.4, -0.2) is 24.4 Å². The number of likely N-dealkylation sites (N-methyl/N-ethyl adjacent to an activating group) is 1. The predicted molar refractivity (Wildman–Crippen MR) is 90.2 cm³/mol. The standard InChI is InChI=1S/C17H18BrFN2O/c1-12-3-8-16(15(19)9-12)20-17(22)11-21(2)10-13-4-6-14(18)7-5-13/h3-9H,10-11H2,1-2H3,(H,20,22). The predicted octanol–water partition coefficient (Wildman–Crippen LogP) is 3.97. The summed E-state index contributed by atoms with van der Waals surface area (Å²) in [7, 11) is 1.85. The fourth-order valence-corrected chi connectivity index (χ4v) is 2.38. The van der Waals surface area contributed by atoms with E-state index in [0.29, 0.717) is 6.54 Å². The van der Waals surface area contributed by atoms with E-state index in [1.807, 2.05) is 36.2 Å². The quantitative estimate of drug-likeness (QED) is 0.870. The molecule has 3 nitrogen and oxygen atoms in total. The Hall–Kier alpha value is -1.72. The monoisotopic (exact) mass is 364 g/mol. The lowest BCUT2D eigenvalue weighted by Crippen LogP contribution is -2.30. The minimum absolute atomic E-state index is 0.198. The second-order valence-corrected chi connectivity index (χ2v) is 6.25. The van der Waals surface area contributed by atoms with Crippen molar-refractivity contribution in [3.8, 4) is 0 Å². The van der Waals surface area contributed by atoms with Crippen LogP contribution in [0.15, 0.2) is 46.9 Å². The van der Waals surface area contributed by atoms with Gasteiger partial charge in [-0.05, 0) is 49.4 Å². The smallest absolute Gasteiger partial charge is 0.238 e. The Kier molecular flexibility index (Phi) is 5.69. The Bertz CT molecular complexity index is 658. The van der Waals surface area contributed by atoms with Crippen LogP contribution in [0.1, 0.15) is 11.1 Å². The third-order valence-corrected chi connectivity index (χ3v) is 3.71. The van der Waals surface area contributed by atoms with Gasteiger partial charge in [-0.3, -0.25) is 9.69 Å². The molecule has 0 saturated carbocycles. The molecule has 1 amide bonds. The molecule has 0 aliphatic carbocycles. The van der Waals surface area contributed by atoms with Crippen molar-refractivity contribution >= 4 is 27.5 Å². The average molecular weight is 365 g/mol. The van der Waals surface area contributed by atoms with Gasteiger partial charge in [0, 0.05) is 11.0 Å². The molecule has 2 aromatic rings. The van der Waals surface area contributed by atoms with Gasteiger partial charge < -0.3 is 5.32 Å². The molecule has 22 heavy (non-hydrogen) atoms. The van der Waals surface area contributed by atoms with Crippen molar-refractivity contribution in [1.29, 1.82) is 0 Å². The van der Waals surface area contributed by atoms with Gasteiger partial charge in [0.05, 0.1) is 12.2 Å². The number of nitrogens with zero attached hydrogens (tertiary/aromatic N) is 1. The summed E-state index contributed by atoms with van der Waals surface area (Å²) in [5.41, 5.74) is 2.15.